The molecule has 0 aliphatic heterocycles. The van der Waals surface area contributed by atoms with E-state index in [0.29, 0.717) is 6.04 Å². The van der Waals surface area contributed by atoms with Crippen LogP contribution < -0.4 is 0 Å². The van der Waals surface area contributed by atoms with Crippen molar-refractivity contribution in [3.8, 4) is 0 Å². The standard InChI is InChI=1S/2C7H13.C4H9N.C2H6N.Nb/c2*1-7-5-3-2-4-6-7;1-3-4(2)5;1-3-2;/h2*2,7H,3-6H2,1H3;4H,3H2,1-2H3;1-2H3;/q2*-1;;-1;. The number of nitrogens with zero attached hydrogens (tertiary/aromatic N) is 2. The van der Waals surface area contributed by atoms with Crippen LogP contribution in [-0.2, 0) is 20.9 Å². The second-order valence-corrected chi connectivity index (χ2v) is 7.48. The molecule has 1 unspecified atom stereocenters. The van der Waals surface area contributed by atoms with Gasteiger partial charge in [-0.15, -0.1) is 0 Å². The monoisotopic (exact) mass is 402 g/mol. The summed E-state index contributed by atoms with van der Waals surface area (Å²) in [6.45, 7) is 8.95. The fourth-order valence-electron chi connectivity index (χ4n) is 2.27. The molecule has 2 nitrogen and oxygen atoms in total. The summed E-state index contributed by atoms with van der Waals surface area (Å²) in [5.41, 5.74) is 0. The van der Waals surface area contributed by atoms with Gasteiger partial charge in [-0.1, -0.05) is 39.5 Å². The van der Waals surface area contributed by atoms with Crippen molar-refractivity contribution in [1.29, 1.82) is 0 Å². The van der Waals surface area contributed by atoms with E-state index in [1.54, 1.807) is 35.0 Å². The molecule has 139 valence electrons. The van der Waals surface area contributed by atoms with Crippen molar-refractivity contribution in [3.63, 3.8) is 0 Å². The van der Waals surface area contributed by atoms with E-state index in [1.807, 2.05) is 0 Å². The summed E-state index contributed by atoms with van der Waals surface area (Å²) in [5, 5.41) is 3.50. The van der Waals surface area contributed by atoms with Crippen LogP contribution in [0, 0.1) is 24.7 Å². The Labute approximate surface area is 159 Å². The van der Waals surface area contributed by atoms with Crippen LogP contribution >= 0.6 is 0 Å². The van der Waals surface area contributed by atoms with Crippen LogP contribution in [-0.4, -0.2) is 20.1 Å². The molecule has 3 heteroatoms. The third-order valence-corrected chi connectivity index (χ3v) is 5.21. The first kappa shape index (κ1) is 25.7. The maximum absolute atomic E-state index is 4.06. The van der Waals surface area contributed by atoms with Gasteiger partial charge in [0.05, 0.1) is 0 Å². The molecule has 0 saturated heterocycles. The van der Waals surface area contributed by atoms with Crippen LogP contribution in [0.1, 0.15) is 85.5 Å². The SMILES string of the molecule is CC1CC[CH-]CC1.CC1CC[CH-]CC1.CCC(C)[N]=[Nb].C[N-]C. The van der Waals surface area contributed by atoms with Crippen molar-refractivity contribution in [2.45, 2.75) is 91.5 Å². The van der Waals surface area contributed by atoms with Gasteiger partial charge in [0.2, 0.25) is 0 Å². The van der Waals surface area contributed by atoms with Gasteiger partial charge in [-0.05, 0) is 11.8 Å². The minimum atomic E-state index is 0.582. The summed E-state index contributed by atoms with van der Waals surface area (Å²) in [6, 6.07) is 0.582. The molecule has 0 radical (unpaired) electrons. The summed E-state index contributed by atoms with van der Waals surface area (Å²) in [6.07, 6.45) is 17.2. The van der Waals surface area contributed by atoms with E-state index in [2.05, 4.69) is 49.2 Å². The molecule has 0 heterocycles. The molecular weight excluding hydrogens is 361 g/mol. The second-order valence-electron chi connectivity index (χ2n) is 6.92. The molecule has 0 aromatic carbocycles. The molecule has 2 aliphatic rings. The molecule has 2 aliphatic carbocycles. The van der Waals surface area contributed by atoms with E-state index in [0.717, 1.165) is 11.8 Å². The zero-order valence-corrected chi connectivity index (χ0v) is 18.8. The van der Waals surface area contributed by atoms with Gasteiger partial charge in [-0.25, -0.2) is 0 Å². The van der Waals surface area contributed by atoms with Crippen molar-refractivity contribution in [2.75, 3.05) is 14.1 Å². The summed E-state index contributed by atoms with van der Waals surface area (Å²) in [7, 11) is 3.50. The third-order valence-electron chi connectivity index (χ3n) is 4.24. The summed E-state index contributed by atoms with van der Waals surface area (Å²) < 4.78 is 4.06. The smallest absolute Gasteiger partial charge is 0.162 e. The third kappa shape index (κ3) is 22.5. The molecule has 0 aromatic heterocycles. The van der Waals surface area contributed by atoms with Gasteiger partial charge in [0, 0.05) is 0 Å². The van der Waals surface area contributed by atoms with Gasteiger partial charge in [0.1, 0.15) is 0 Å². The molecule has 0 amide bonds. The zero-order valence-electron chi connectivity index (χ0n) is 16.6. The minimum absolute atomic E-state index is 0.582. The van der Waals surface area contributed by atoms with Crippen LogP contribution in [0.15, 0.2) is 3.34 Å². The Bertz CT molecular complexity index is 206. The number of rotatable bonds is 2. The van der Waals surface area contributed by atoms with Crippen LogP contribution in [0.2, 0.25) is 0 Å². The van der Waals surface area contributed by atoms with E-state index < -0.39 is 0 Å². The fraction of sp³-hybridized carbons (Fsp3) is 0.900. The Balaban J connectivity index is 0. The summed E-state index contributed by atoms with van der Waals surface area (Å²) >= 11 is 1.55. The van der Waals surface area contributed by atoms with Crippen molar-refractivity contribution >= 4 is 0 Å². The fourth-order valence-corrected chi connectivity index (χ4v) is 2.67. The summed E-state index contributed by atoms with van der Waals surface area (Å²) in [4.78, 5) is 0. The molecular formula is C20H41N2Nb-3. The second kappa shape index (κ2) is 20.5. The zero-order chi connectivity index (χ0) is 17.9. The van der Waals surface area contributed by atoms with Crippen molar-refractivity contribution in [1.82, 2.24) is 0 Å². The van der Waals surface area contributed by atoms with Crippen LogP contribution in [0.25, 0.3) is 5.32 Å². The molecule has 0 aromatic rings. The molecule has 1 atom stereocenters. The predicted octanol–water partition coefficient (Wildman–Crippen LogP) is 6.94. The Kier molecular flexibility index (Phi) is 23.0. The Hall–Kier alpha value is 0.500. The van der Waals surface area contributed by atoms with Gasteiger partial charge in [-0.3, -0.25) is 0 Å². The van der Waals surface area contributed by atoms with Crippen molar-refractivity contribution in [2.24, 2.45) is 15.2 Å². The quantitative estimate of drug-likeness (QED) is 0.353. The molecule has 2 saturated carbocycles. The first-order valence-electron chi connectivity index (χ1n) is 9.47. The number of hydrogen-bond acceptors (Lipinski definition) is 1. The van der Waals surface area contributed by atoms with Gasteiger partial charge in [0.25, 0.3) is 0 Å². The molecule has 2 fully saturated rings. The molecule has 0 N–H and O–H groups in total. The summed E-state index contributed by atoms with van der Waals surface area (Å²) in [5.74, 6) is 2.01. The Morgan fingerprint density at radius 1 is 0.957 bits per heavy atom. The van der Waals surface area contributed by atoms with E-state index in [9.17, 15) is 0 Å². The number of hydrogen-bond donors (Lipinski definition) is 0. The molecule has 2 rings (SSSR count). The van der Waals surface area contributed by atoms with Crippen molar-refractivity contribution in [3.05, 3.63) is 18.2 Å². The minimum Gasteiger partial charge on any atom is -0.668 e. The Morgan fingerprint density at radius 2 is 1.26 bits per heavy atom. The average molecular weight is 402 g/mol. The van der Waals surface area contributed by atoms with E-state index >= 15 is 0 Å². The molecule has 23 heavy (non-hydrogen) atoms. The van der Waals surface area contributed by atoms with E-state index in [1.165, 1.54) is 57.8 Å². The van der Waals surface area contributed by atoms with Gasteiger partial charge in [0.15, 0.2) is 0 Å². The van der Waals surface area contributed by atoms with Crippen LogP contribution in [0.3, 0.4) is 0 Å². The topological polar surface area (TPSA) is 26.5 Å². The molecule has 0 spiro atoms. The first-order valence-corrected chi connectivity index (χ1v) is 10.4. The van der Waals surface area contributed by atoms with Crippen LogP contribution in [0.5, 0.6) is 0 Å². The van der Waals surface area contributed by atoms with Gasteiger partial charge < -0.3 is 18.2 Å². The van der Waals surface area contributed by atoms with E-state index in [4.69, 9.17) is 0 Å². The predicted molar refractivity (Wildman–Crippen MR) is 101 cm³/mol. The normalized spacial score (nSPS) is 19.7. The maximum Gasteiger partial charge on any atom is -0.162 e. The largest absolute Gasteiger partial charge is 0.668 e. The van der Waals surface area contributed by atoms with Crippen molar-refractivity contribution < 1.29 is 20.9 Å². The average Bonchev–Trinajstić information content (AvgIpc) is 2.57. The van der Waals surface area contributed by atoms with Gasteiger partial charge in [-0.2, -0.15) is 39.8 Å². The van der Waals surface area contributed by atoms with E-state index in [-0.39, 0.29) is 0 Å². The first-order chi connectivity index (χ1) is 11.0. The van der Waals surface area contributed by atoms with Gasteiger partial charge >= 0.3 is 50.5 Å². The molecule has 0 bridgehead atoms. The van der Waals surface area contributed by atoms with Crippen LogP contribution in [0.4, 0.5) is 0 Å². The Morgan fingerprint density at radius 3 is 1.35 bits per heavy atom. The maximum atomic E-state index is 4.06.